The molecule has 2 aliphatic rings. The third-order valence-electron chi connectivity index (χ3n) is 5.08. The molecule has 3 nitrogen and oxygen atoms in total. The lowest BCUT2D eigenvalue weighted by Gasteiger charge is -2.32. The van der Waals surface area contributed by atoms with Crippen molar-refractivity contribution in [2.45, 2.75) is 70.4 Å². The van der Waals surface area contributed by atoms with E-state index in [0.29, 0.717) is 12.1 Å². The smallest absolute Gasteiger partial charge is 0.0951 e. The quantitative estimate of drug-likeness (QED) is 0.892. The summed E-state index contributed by atoms with van der Waals surface area (Å²) in [5.41, 5.74) is 1.43. The Morgan fingerprint density at radius 2 is 2.11 bits per heavy atom. The molecule has 19 heavy (non-hydrogen) atoms. The fraction of sp³-hybridized carbons (Fsp3) is 0.812. The fourth-order valence-electron chi connectivity index (χ4n) is 4.07. The Hall–Kier alpha value is -0.830. The summed E-state index contributed by atoms with van der Waals surface area (Å²) in [5, 5.41) is 3.62. The van der Waals surface area contributed by atoms with Gasteiger partial charge in [-0.2, -0.15) is 0 Å². The van der Waals surface area contributed by atoms with Gasteiger partial charge in [0.1, 0.15) is 0 Å². The Balaban J connectivity index is 1.80. The lowest BCUT2D eigenvalue weighted by atomic mass is 9.82. The molecule has 2 fully saturated rings. The van der Waals surface area contributed by atoms with Crippen LogP contribution >= 0.6 is 0 Å². The molecule has 1 aromatic heterocycles. The van der Waals surface area contributed by atoms with Crippen LogP contribution in [0.3, 0.4) is 0 Å². The Labute approximate surface area is 116 Å². The van der Waals surface area contributed by atoms with Crippen LogP contribution in [-0.4, -0.2) is 16.1 Å². The molecule has 0 amide bonds. The molecule has 2 atom stereocenters. The van der Waals surface area contributed by atoms with Crippen LogP contribution in [0, 0.1) is 5.92 Å². The summed E-state index contributed by atoms with van der Waals surface area (Å²) in [6.45, 7) is 3.50. The third-order valence-corrected chi connectivity index (χ3v) is 5.08. The molecular formula is C16H27N3. The van der Waals surface area contributed by atoms with Crippen molar-refractivity contribution in [1.82, 2.24) is 14.9 Å². The van der Waals surface area contributed by atoms with Crippen LogP contribution in [0.1, 0.15) is 76.1 Å². The number of hydrogen-bond donors (Lipinski definition) is 1. The molecule has 1 saturated heterocycles. The SMILES string of the molecule is CCC(C1CCCCC1)n1cncc1[C@@H]1CCCN1. The summed E-state index contributed by atoms with van der Waals surface area (Å²) < 4.78 is 2.50. The van der Waals surface area contributed by atoms with Crippen LogP contribution in [0.5, 0.6) is 0 Å². The van der Waals surface area contributed by atoms with E-state index < -0.39 is 0 Å². The van der Waals surface area contributed by atoms with E-state index in [2.05, 4.69) is 34.3 Å². The molecule has 1 aliphatic heterocycles. The first-order chi connectivity index (χ1) is 9.40. The number of aromatic nitrogens is 2. The van der Waals surface area contributed by atoms with Crippen LogP contribution < -0.4 is 5.32 Å². The van der Waals surface area contributed by atoms with Crippen molar-refractivity contribution in [3.05, 3.63) is 18.2 Å². The van der Waals surface area contributed by atoms with Crippen molar-refractivity contribution >= 4 is 0 Å². The largest absolute Gasteiger partial charge is 0.330 e. The van der Waals surface area contributed by atoms with Crippen LogP contribution in [0.4, 0.5) is 0 Å². The van der Waals surface area contributed by atoms with Crippen LogP contribution in [0.2, 0.25) is 0 Å². The normalized spacial score (nSPS) is 26.7. The number of nitrogens with one attached hydrogen (secondary N) is 1. The minimum absolute atomic E-state index is 0.542. The second kappa shape index (κ2) is 6.08. The zero-order chi connectivity index (χ0) is 13.1. The Bertz CT molecular complexity index is 386. The zero-order valence-electron chi connectivity index (χ0n) is 12.1. The van der Waals surface area contributed by atoms with E-state index in [9.17, 15) is 0 Å². The maximum Gasteiger partial charge on any atom is 0.0951 e. The molecule has 3 rings (SSSR count). The minimum atomic E-state index is 0.542. The summed E-state index contributed by atoms with van der Waals surface area (Å²) in [4.78, 5) is 4.45. The number of imidazole rings is 1. The molecule has 1 aliphatic carbocycles. The van der Waals surface area contributed by atoms with Gasteiger partial charge in [-0.25, -0.2) is 4.98 Å². The average molecular weight is 261 g/mol. The van der Waals surface area contributed by atoms with Crippen molar-refractivity contribution in [2.24, 2.45) is 5.92 Å². The lowest BCUT2D eigenvalue weighted by molar-refractivity contribution is 0.237. The first-order valence-corrected chi connectivity index (χ1v) is 8.15. The van der Waals surface area contributed by atoms with Gasteiger partial charge >= 0.3 is 0 Å². The van der Waals surface area contributed by atoms with Crippen LogP contribution in [-0.2, 0) is 0 Å². The molecule has 1 aromatic rings. The van der Waals surface area contributed by atoms with Crippen molar-refractivity contribution in [3.63, 3.8) is 0 Å². The van der Waals surface area contributed by atoms with Gasteiger partial charge in [-0.1, -0.05) is 26.2 Å². The van der Waals surface area contributed by atoms with Gasteiger partial charge in [0.15, 0.2) is 0 Å². The topological polar surface area (TPSA) is 29.9 Å². The third kappa shape index (κ3) is 2.71. The molecule has 1 saturated carbocycles. The van der Waals surface area contributed by atoms with Crippen LogP contribution in [0.25, 0.3) is 0 Å². The van der Waals surface area contributed by atoms with Gasteiger partial charge in [-0.3, -0.25) is 0 Å². The Kier molecular flexibility index (Phi) is 4.21. The molecule has 1 N–H and O–H groups in total. The van der Waals surface area contributed by atoms with E-state index in [0.717, 1.165) is 12.5 Å². The lowest BCUT2D eigenvalue weighted by Crippen LogP contribution is -2.25. The number of hydrogen-bond acceptors (Lipinski definition) is 2. The van der Waals surface area contributed by atoms with Gasteiger partial charge in [0, 0.05) is 18.3 Å². The maximum atomic E-state index is 4.45. The number of rotatable bonds is 4. The summed E-state index contributed by atoms with van der Waals surface area (Å²) in [7, 11) is 0. The first kappa shape index (κ1) is 13.2. The molecule has 0 spiro atoms. The summed E-state index contributed by atoms with van der Waals surface area (Å²) >= 11 is 0. The molecule has 1 unspecified atom stereocenters. The van der Waals surface area contributed by atoms with E-state index in [1.807, 2.05) is 0 Å². The Morgan fingerprint density at radius 1 is 1.26 bits per heavy atom. The van der Waals surface area contributed by atoms with Crippen LogP contribution in [0.15, 0.2) is 12.5 Å². The highest BCUT2D eigenvalue weighted by Crippen LogP contribution is 2.37. The van der Waals surface area contributed by atoms with Crippen molar-refractivity contribution in [2.75, 3.05) is 6.54 Å². The Morgan fingerprint density at radius 3 is 2.79 bits per heavy atom. The second-order valence-corrected chi connectivity index (χ2v) is 6.25. The summed E-state index contributed by atoms with van der Waals surface area (Å²) in [5.74, 6) is 0.869. The number of nitrogens with zero attached hydrogens (tertiary/aromatic N) is 2. The highest BCUT2D eigenvalue weighted by Gasteiger charge is 2.27. The average Bonchev–Trinajstić information content (AvgIpc) is 3.11. The molecule has 0 bridgehead atoms. The van der Waals surface area contributed by atoms with Gasteiger partial charge in [0.2, 0.25) is 0 Å². The fourth-order valence-corrected chi connectivity index (χ4v) is 4.07. The first-order valence-electron chi connectivity index (χ1n) is 8.15. The second-order valence-electron chi connectivity index (χ2n) is 6.25. The highest BCUT2D eigenvalue weighted by molar-refractivity contribution is 5.09. The van der Waals surface area contributed by atoms with E-state index in [-0.39, 0.29) is 0 Å². The van der Waals surface area contributed by atoms with E-state index in [1.54, 1.807) is 0 Å². The molecule has 0 radical (unpaired) electrons. The van der Waals surface area contributed by atoms with E-state index >= 15 is 0 Å². The van der Waals surface area contributed by atoms with Gasteiger partial charge in [0.05, 0.1) is 12.0 Å². The molecule has 2 heterocycles. The van der Waals surface area contributed by atoms with Crippen molar-refractivity contribution in [1.29, 1.82) is 0 Å². The highest BCUT2D eigenvalue weighted by atomic mass is 15.1. The molecular weight excluding hydrogens is 234 g/mol. The summed E-state index contributed by atoms with van der Waals surface area (Å²) in [6, 6.07) is 1.21. The molecule has 3 heteroatoms. The van der Waals surface area contributed by atoms with E-state index in [4.69, 9.17) is 0 Å². The van der Waals surface area contributed by atoms with Crippen molar-refractivity contribution in [3.8, 4) is 0 Å². The standard InChI is InChI=1S/C16H27N3/c1-2-15(13-7-4-3-5-8-13)19-12-17-11-16(19)14-9-6-10-18-14/h11-15,18H,2-10H2,1H3/t14-,15?/m0/s1. The van der Waals surface area contributed by atoms with Gasteiger partial charge in [0.25, 0.3) is 0 Å². The predicted octanol–water partition coefficient (Wildman–Crippen LogP) is 3.84. The zero-order valence-corrected chi connectivity index (χ0v) is 12.1. The van der Waals surface area contributed by atoms with Gasteiger partial charge in [-0.15, -0.1) is 0 Å². The van der Waals surface area contributed by atoms with E-state index in [1.165, 1.54) is 57.1 Å². The summed E-state index contributed by atoms with van der Waals surface area (Å²) in [6.07, 6.45) is 15.1. The molecule has 0 aromatic carbocycles. The molecule has 106 valence electrons. The van der Waals surface area contributed by atoms with Gasteiger partial charge < -0.3 is 9.88 Å². The van der Waals surface area contributed by atoms with Gasteiger partial charge in [-0.05, 0) is 44.6 Å². The predicted molar refractivity (Wildman–Crippen MR) is 78.1 cm³/mol. The minimum Gasteiger partial charge on any atom is -0.330 e. The maximum absolute atomic E-state index is 4.45. The van der Waals surface area contributed by atoms with Crippen molar-refractivity contribution < 1.29 is 0 Å². The monoisotopic (exact) mass is 261 g/mol.